The highest BCUT2D eigenvalue weighted by Crippen LogP contribution is 2.42. The second-order valence-electron chi connectivity index (χ2n) is 10.2. The molecule has 1 aliphatic heterocycles. The molecule has 10 heteroatoms. The van der Waals surface area contributed by atoms with Crippen molar-refractivity contribution in [1.29, 1.82) is 5.26 Å². The van der Waals surface area contributed by atoms with Crippen LogP contribution in [0.3, 0.4) is 0 Å². The Kier molecular flexibility index (Phi) is 8.06. The average molecular weight is 514 g/mol. The number of carbonyl (C=O) groups excluding carboxylic acids is 3. The quantitative estimate of drug-likeness (QED) is 0.526. The Morgan fingerprint density at radius 3 is 2.57 bits per heavy atom. The fourth-order valence-corrected chi connectivity index (χ4v) is 5.13. The van der Waals surface area contributed by atoms with Gasteiger partial charge >= 0.3 is 0 Å². The van der Waals surface area contributed by atoms with E-state index in [9.17, 15) is 28.4 Å². The van der Waals surface area contributed by atoms with E-state index in [0.717, 1.165) is 12.1 Å². The maximum Gasteiger partial charge on any atom is 0.270 e. The van der Waals surface area contributed by atoms with Crippen molar-refractivity contribution in [3.8, 4) is 6.07 Å². The number of nitrogens with one attached hydrogen (secondary N) is 2. The number of rotatable bonds is 8. The molecule has 0 saturated carbocycles. The number of H-pyrrole nitrogens is 1. The summed E-state index contributed by atoms with van der Waals surface area (Å²) in [5.41, 5.74) is -0.906. The number of hydrogen-bond donors (Lipinski definition) is 2. The first kappa shape index (κ1) is 27.8. The highest BCUT2D eigenvalue weighted by molar-refractivity contribution is 6.00. The smallest absolute Gasteiger partial charge is 0.270 e. The summed E-state index contributed by atoms with van der Waals surface area (Å²) in [6, 6.07) is 3.45. The van der Waals surface area contributed by atoms with E-state index in [1.807, 2.05) is 20.8 Å². The summed E-state index contributed by atoms with van der Waals surface area (Å²) in [6.07, 6.45) is 2.07. The number of amides is 3. The normalized spacial score (nSPS) is 20.9. The molecule has 0 spiro atoms. The van der Waals surface area contributed by atoms with Crippen LogP contribution in [0.1, 0.15) is 44.1 Å². The number of likely N-dealkylation sites (N-methyl/N-ethyl adjacent to an activating group) is 1. The average Bonchev–Trinajstić information content (AvgIpc) is 3.47. The molecule has 2 heterocycles. The van der Waals surface area contributed by atoms with E-state index in [2.05, 4.69) is 22.9 Å². The maximum atomic E-state index is 14.2. The Balaban J connectivity index is 1.97. The van der Waals surface area contributed by atoms with Gasteiger partial charge in [0.2, 0.25) is 11.8 Å². The van der Waals surface area contributed by atoms with E-state index in [4.69, 9.17) is 0 Å². The lowest BCUT2D eigenvalue weighted by molar-refractivity contribution is -0.138. The zero-order chi connectivity index (χ0) is 27.7. The number of halogens is 2. The van der Waals surface area contributed by atoms with E-state index >= 15 is 0 Å². The zero-order valence-corrected chi connectivity index (χ0v) is 21.8. The summed E-state index contributed by atoms with van der Waals surface area (Å²) in [4.78, 5) is 45.6. The number of fused-ring (bicyclic) bond motifs is 1. The van der Waals surface area contributed by atoms with Crippen LogP contribution in [-0.2, 0) is 9.59 Å². The first-order chi connectivity index (χ1) is 17.4. The van der Waals surface area contributed by atoms with Crippen LogP contribution in [-0.4, -0.2) is 65.2 Å². The number of likely N-dealkylation sites (tertiary alicyclic amines) is 1. The predicted octanol–water partition coefficient (Wildman–Crippen LogP) is 3.61. The van der Waals surface area contributed by atoms with E-state index in [1.165, 1.54) is 30.0 Å². The third-order valence-corrected chi connectivity index (χ3v) is 7.37. The molecule has 0 bridgehead atoms. The molecule has 4 atom stereocenters. The van der Waals surface area contributed by atoms with Crippen LogP contribution < -0.4 is 5.32 Å². The topological polar surface area (TPSA) is 109 Å². The van der Waals surface area contributed by atoms with Crippen LogP contribution in [0.4, 0.5) is 8.78 Å². The number of hydrogen-bond acceptors (Lipinski definition) is 4. The molecule has 1 aliphatic rings. The van der Waals surface area contributed by atoms with Crippen molar-refractivity contribution < 1.29 is 23.2 Å². The molecular weight excluding hydrogens is 480 g/mol. The lowest BCUT2D eigenvalue weighted by atomic mass is 9.73. The van der Waals surface area contributed by atoms with Gasteiger partial charge in [0.25, 0.3) is 5.91 Å². The summed E-state index contributed by atoms with van der Waals surface area (Å²) in [5, 5.41) is 12.6. The second-order valence-corrected chi connectivity index (χ2v) is 10.2. The van der Waals surface area contributed by atoms with Gasteiger partial charge in [0.15, 0.2) is 0 Å². The number of allylic oxidation sites excluding steroid dienone is 1. The third-order valence-electron chi connectivity index (χ3n) is 7.37. The van der Waals surface area contributed by atoms with Gasteiger partial charge in [-0.1, -0.05) is 26.8 Å². The SMILES string of the molecule is C=CC(C)[C@]1(C(=O)NC)C[C@@H](C#N)N(C(=O)[C@H](CC(C)C)N(C)C(=O)c2cc3c(F)cc(F)cc3[nH]2)C1. The predicted molar refractivity (Wildman–Crippen MR) is 135 cm³/mol. The van der Waals surface area contributed by atoms with E-state index < -0.39 is 40.9 Å². The number of aromatic nitrogens is 1. The molecule has 1 saturated heterocycles. The molecule has 3 rings (SSSR count). The molecular formula is C27H33F2N5O3. The minimum absolute atomic E-state index is 0.00167. The van der Waals surface area contributed by atoms with Crippen molar-refractivity contribution in [3.05, 3.63) is 48.2 Å². The highest BCUT2D eigenvalue weighted by atomic mass is 19.1. The van der Waals surface area contributed by atoms with Crippen LogP contribution in [0.2, 0.25) is 0 Å². The molecule has 198 valence electrons. The molecule has 2 aromatic rings. The van der Waals surface area contributed by atoms with Crippen molar-refractivity contribution in [2.45, 2.75) is 45.7 Å². The molecule has 3 amide bonds. The van der Waals surface area contributed by atoms with Gasteiger partial charge < -0.3 is 20.1 Å². The van der Waals surface area contributed by atoms with Crippen molar-refractivity contribution in [2.75, 3.05) is 20.6 Å². The molecule has 0 aliphatic carbocycles. The van der Waals surface area contributed by atoms with Gasteiger partial charge in [-0.25, -0.2) is 8.78 Å². The molecule has 1 aromatic carbocycles. The minimum Gasteiger partial charge on any atom is -0.359 e. The van der Waals surface area contributed by atoms with Gasteiger partial charge in [0.05, 0.1) is 17.0 Å². The maximum absolute atomic E-state index is 14.2. The van der Waals surface area contributed by atoms with Crippen LogP contribution >= 0.6 is 0 Å². The molecule has 1 fully saturated rings. The van der Waals surface area contributed by atoms with Crippen LogP contribution in [0.25, 0.3) is 10.9 Å². The van der Waals surface area contributed by atoms with Gasteiger partial charge in [-0.2, -0.15) is 5.26 Å². The number of aromatic amines is 1. The first-order valence-corrected chi connectivity index (χ1v) is 12.2. The summed E-state index contributed by atoms with van der Waals surface area (Å²) < 4.78 is 27.9. The van der Waals surface area contributed by atoms with Crippen LogP contribution in [0.5, 0.6) is 0 Å². The zero-order valence-electron chi connectivity index (χ0n) is 21.8. The standard InChI is InChI=1S/C27H33F2N5O3/c1-7-16(4)27(26(37)31-5)12-18(13-30)34(14-27)25(36)23(8-15(2)3)33(6)24(35)22-11-19-20(29)9-17(28)10-21(19)32-22/h7,9-11,15-16,18,23,32H,1,8,12,14H2,2-6H3,(H,31,37)/t16?,18-,23-,27-/m0/s1. The summed E-state index contributed by atoms with van der Waals surface area (Å²) >= 11 is 0. The van der Waals surface area contributed by atoms with Crippen LogP contribution in [0.15, 0.2) is 30.9 Å². The summed E-state index contributed by atoms with van der Waals surface area (Å²) in [6.45, 7) is 9.44. The van der Waals surface area contributed by atoms with E-state index in [0.29, 0.717) is 6.42 Å². The number of benzene rings is 1. The Labute approximate surface area is 215 Å². The Bertz CT molecular complexity index is 1270. The Morgan fingerprint density at radius 2 is 2.00 bits per heavy atom. The highest BCUT2D eigenvalue weighted by Gasteiger charge is 2.54. The van der Waals surface area contributed by atoms with Crippen molar-refractivity contribution in [3.63, 3.8) is 0 Å². The van der Waals surface area contributed by atoms with Gasteiger partial charge in [-0.3, -0.25) is 14.4 Å². The molecule has 1 aromatic heterocycles. The molecule has 8 nitrogen and oxygen atoms in total. The van der Waals surface area contributed by atoms with Gasteiger partial charge in [-0.15, -0.1) is 6.58 Å². The van der Waals surface area contributed by atoms with E-state index in [-0.39, 0.29) is 47.3 Å². The monoisotopic (exact) mass is 513 g/mol. The van der Waals surface area contributed by atoms with Crippen molar-refractivity contribution in [2.24, 2.45) is 17.3 Å². The van der Waals surface area contributed by atoms with Crippen molar-refractivity contribution >= 4 is 28.6 Å². The second kappa shape index (κ2) is 10.7. The number of carbonyl (C=O) groups is 3. The summed E-state index contributed by atoms with van der Waals surface area (Å²) in [7, 11) is 2.97. The molecule has 0 radical (unpaired) electrons. The third kappa shape index (κ3) is 5.08. The largest absolute Gasteiger partial charge is 0.359 e. The van der Waals surface area contributed by atoms with Gasteiger partial charge in [0, 0.05) is 32.1 Å². The number of nitrogens with zero attached hydrogens (tertiary/aromatic N) is 3. The lowest BCUT2D eigenvalue weighted by Gasteiger charge is -2.34. The molecule has 1 unspecified atom stereocenters. The number of nitriles is 1. The van der Waals surface area contributed by atoms with Gasteiger partial charge in [-0.05, 0) is 36.8 Å². The molecule has 2 N–H and O–H groups in total. The minimum atomic E-state index is -1.03. The fourth-order valence-electron chi connectivity index (χ4n) is 5.13. The van der Waals surface area contributed by atoms with Gasteiger partial charge in [0.1, 0.15) is 29.4 Å². The fraction of sp³-hybridized carbons (Fsp3) is 0.481. The van der Waals surface area contributed by atoms with Crippen LogP contribution in [0, 0.1) is 40.2 Å². The molecule has 37 heavy (non-hydrogen) atoms. The summed E-state index contributed by atoms with van der Waals surface area (Å²) in [5.74, 6) is -3.21. The lowest BCUT2D eigenvalue weighted by Crippen LogP contribution is -2.52. The Hall–Kier alpha value is -3.74. The first-order valence-electron chi connectivity index (χ1n) is 12.2. The Morgan fingerprint density at radius 1 is 1.32 bits per heavy atom. The van der Waals surface area contributed by atoms with E-state index in [1.54, 1.807) is 6.08 Å². The van der Waals surface area contributed by atoms with Crippen molar-refractivity contribution in [1.82, 2.24) is 20.1 Å².